The first-order chi connectivity index (χ1) is 10.5. The third kappa shape index (κ3) is 5.59. The second kappa shape index (κ2) is 8.51. The number of ether oxygens (including phenoxy) is 1. The molecule has 0 aromatic heterocycles. The number of morpholine rings is 1. The summed E-state index contributed by atoms with van der Waals surface area (Å²) >= 11 is 0. The highest BCUT2D eigenvalue weighted by molar-refractivity contribution is 5.78. The van der Waals surface area contributed by atoms with Crippen LogP contribution in [0.3, 0.4) is 0 Å². The second-order valence-corrected chi connectivity index (χ2v) is 7.12. The molecule has 1 aliphatic heterocycles. The van der Waals surface area contributed by atoms with Gasteiger partial charge in [0.25, 0.3) is 0 Å². The van der Waals surface area contributed by atoms with Gasteiger partial charge in [-0.25, -0.2) is 0 Å². The Bertz CT molecular complexity index is 378. The van der Waals surface area contributed by atoms with E-state index in [0.717, 1.165) is 18.9 Å². The van der Waals surface area contributed by atoms with Crippen LogP contribution in [-0.4, -0.2) is 49.1 Å². The summed E-state index contributed by atoms with van der Waals surface area (Å²) in [6, 6.07) is 0. The number of nitrogens with one attached hydrogen (secondary N) is 1. The summed E-state index contributed by atoms with van der Waals surface area (Å²) in [7, 11) is 0. The van der Waals surface area contributed by atoms with Gasteiger partial charge in [-0.2, -0.15) is 0 Å². The summed E-state index contributed by atoms with van der Waals surface area (Å²) in [4.78, 5) is 25.5. The van der Waals surface area contributed by atoms with Crippen LogP contribution in [0, 0.1) is 11.8 Å². The van der Waals surface area contributed by atoms with Crippen molar-refractivity contribution in [2.24, 2.45) is 11.8 Å². The summed E-state index contributed by atoms with van der Waals surface area (Å²) in [6.45, 7) is 6.18. The molecule has 5 nitrogen and oxygen atoms in total. The predicted molar refractivity (Wildman–Crippen MR) is 85.4 cm³/mol. The summed E-state index contributed by atoms with van der Waals surface area (Å²) < 4.78 is 5.52. The average Bonchev–Trinajstić information content (AvgIpc) is 2.98. The van der Waals surface area contributed by atoms with Crippen LogP contribution < -0.4 is 5.32 Å². The fourth-order valence-corrected chi connectivity index (χ4v) is 3.37. The van der Waals surface area contributed by atoms with Gasteiger partial charge in [-0.05, 0) is 18.3 Å². The average molecular weight is 310 g/mol. The summed E-state index contributed by atoms with van der Waals surface area (Å²) in [5.41, 5.74) is 0. The van der Waals surface area contributed by atoms with Crippen LogP contribution in [0.2, 0.25) is 0 Å². The molecule has 2 amide bonds. The van der Waals surface area contributed by atoms with Crippen molar-refractivity contribution in [3.8, 4) is 0 Å². The van der Waals surface area contributed by atoms with E-state index in [4.69, 9.17) is 4.74 Å². The first-order valence-electron chi connectivity index (χ1n) is 8.70. The first kappa shape index (κ1) is 17.3. The zero-order chi connectivity index (χ0) is 15.9. The van der Waals surface area contributed by atoms with Crippen molar-refractivity contribution in [1.29, 1.82) is 0 Å². The third-order valence-electron chi connectivity index (χ3n) is 4.59. The summed E-state index contributed by atoms with van der Waals surface area (Å²) in [5.74, 6) is 1.36. The minimum absolute atomic E-state index is 0.0532. The van der Waals surface area contributed by atoms with Gasteiger partial charge in [0.1, 0.15) is 6.61 Å². The molecule has 1 aliphatic carbocycles. The highest BCUT2D eigenvalue weighted by Gasteiger charge is 2.27. The highest BCUT2D eigenvalue weighted by atomic mass is 16.5. The number of carbonyl (C=O) groups excluding carboxylic acids is 2. The SMILES string of the molecule is CC(C)CN1CC(CNC(=O)CCC2CCCC2)OCC1=O. The van der Waals surface area contributed by atoms with Crippen LogP contribution >= 0.6 is 0 Å². The standard InChI is InChI=1S/C17H30N2O3/c1-13(2)10-19-11-15(22-12-17(19)21)9-18-16(20)8-7-14-5-3-4-6-14/h13-15H,3-12H2,1-2H3,(H,18,20). The number of amides is 2. The number of rotatable bonds is 7. The molecule has 2 aliphatic rings. The maximum Gasteiger partial charge on any atom is 0.248 e. The first-order valence-corrected chi connectivity index (χ1v) is 8.70. The van der Waals surface area contributed by atoms with E-state index < -0.39 is 0 Å². The van der Waals surface area contributed by atoms with E-state index in [1.54, 1.807) is 0 Å². The molecule has 0 aromatic rings. The van der Waals surface area contributed by atoms with Gasteiger partial charge in [-0.1, -0.05) is 39.5 Å². The Morgan fingerprint density at radius 1 is 1.36 bits per heavy atom. The molecule has 2 rings (SSSR count). The number of hydrogen-bond donors (Lipinski definition) is 1. The van der Waals surface area contributed by atoms with Crippen molar-refractivity contribution < 1.29 is 14.3 Å². The molecule has 5 heteroatoms. The van der Waals surface area contributed by atoms with Gasteiger partial charge >= 0.3 is 0 Å². The van der Waals surface area contributed by atoms with Gasteiger partial charge in [-0.3, -0.25) is 9.59 Å². The quantitative estimate of drug-likeness (QED) is 0.782. The fraction of sp³-hybridized carbons (Fsp3) is 0.882. The van der Waals surface area contributed by atoms with Crippen LogP contribution in [0.5, 0.6) is 0 Å². The van der Waals surface area contributed by atoms with E-state index in [1.165, 1.54) is 25.7 Å². The zero-order valence-electron chi connectivity index (χ0n) is 14.0. The molecule has 1 N–H and O–H groups in total. The maximum absolute atomic E-state index is 11.9. The van der Waals surface area contributed by atoms with E-state index in [9.17, 15) is 9.59 Å². The minimum Gasteiger partial charge on any atom is -0.365 e. The Hall–Kier alpha value is -1.10. The van der Waals surface area contributed by atoms with Crippen LogP contribution in [0.1, 0.15) is 52.4 Å². The molecule has 0 aromatic carbocycles. The molecule has 1 unspecified atom stereocenters. The second-order valence-electron chi connectivity index (χ2n) is 7.12. The van der Waals surface area contributed by atoms with Gasteiger partial charge in [0, 0.05) is 26.1 Å². The lowest BCUT2D eigenvalue weighted by Gasteiger charge is -2.33. The lowest BCUT2D eigenvalue weighted by molar-refractivity contribution is -0.149. The smallest absolute Gasteiger partial charge is 0.248 e. The molecule has 2 fully saturated rings. The van der Waals surface area contributed by atoms with E-state index in [-0.39, 0.29) is 24.5 Å². The molecular formula is C17H30N2O3. The largest absolute Gasteiger partial charge is 0.365 e. The molecule has 0 bridgehead atoms. The topological polar surface area (TPSA) is 58.6 Å². The van der Waals surface area contributed by atoms with Crippen molar-refractivity contribution >= 4 is 11.8 Å². The lowest BCUT2D eigenvalue weighted by Crippen LogP contribution is -2.51. The number of hydrogen-bond acceptors (Lipinski definition) is 3. The molecular weight excluding hydrogens is 280 g/mol. The molecule has 1 saturated heterocycles. The van der Waals surface area contributed by atoms with Gasteiger partial charge in [-0.15, -0.1) is 0 Å². The highest BCUT2D eigenvalue weighted by Crippen LogP contribution is 2.28. The van der Waals surface area contributed by atoms with Crippen LogP contribution in [0.4, 0.5) is 0 Å². The van der Waals surface area contributed by atoms with Gasteiger partial charge in [0.15, 0.2) is 0 Å². The molecule has 0 spiro atoms. The number of carbonyl (C=O) groups is 2. The molecule has 1 saturated carbocycles. The van der Waals surface area contributed by atoms with Crippen molar-refractivity contribution in [2.75, 3.05) is 26.2 Å². The Kier molecular flexibility index (Phi) is 6.68. The fourth-order valence-electron chi connectivity index (χ4n) is 3.37. The van der Waals surface area contributed by atoms with Gasteiger partial charge in [0.05, 0.1) is 6.10 Å². The molecule has 0 radical (unpaired) electrons. The van der Waals surface area contributed by atoms with Gasteiger partial charge in [0.2, 0.25) is 11.8 Å². The van der Waals surface area contributed by atoms with E-state index in [1.807, 2.05) is 4.90 Å². The Balaban J connectivity index is 1.64. The molecule has 1 atom stereocenters. The summed E-state index contributed by atoms with van der Waals surface area (Å²) in [5, 5.41) is 2.96. The third-order valence-corrected chi connectivity index (χ3v) is 4.59. The van der Waals surface area contributed by atoms with Crippen molar-refractivity contribution in [3.63, 3.8) is 0 Å². The summed E-state index contributed by atoms with van der Waals surface area (Å²) in [6.07, 6.45) is 6.76. The van der Waals surface area contributed by atoms with Crippen LogP contribution in [0.25, 0.3) is 0 Å². The Morgan fingerprint density at radius 3 is 2.77 bits per heavy atom. The number of nitrogens with zero attached hydrogens (tertiary/aromatic N) is 1. The zero-order valence-corrected chi connectivity index (χ0v) is 14.0. The lowest BCUT2D eigenvalue weighted by atomic mass is 10.0. The monoisotopic (exact) mass is 310 g/mol. The Morgan fingerprint density at radius 2 is 2.09 bits per heavy atom. The van der Waals surface area contributed by atoms with E-state index >= 15 is 0 Å². The van der Waals surface area contributed by atoms with Crippen molar-refractivity contribution in [1.82, 2.24) is 10.2 Å². The van der Waals surface area contributed by atoms with Crippen molar-refractivity contribution in [2.45, 2.75) is 58.5 Å². The Labute approximate surface area is 133 Å². The normalized spacial score (nSPS) is 23.3. The minimum atomic E-state index is -0.0770. The van der Waals surface area contributed by atoms with Crippen LogP contribution in [-0.2, 0) is 14.3 Å². The van der Waals surface area contributed by atoms with Gasteiger partial charge < -0.3 is 15.0 Å². The maximum atomic E-state index is 11.9. The van der Waals surface area contributed by atoms with Crippen molar-refractivity contribution in [3.05, 3.63) is 0 Å². The molecule has 1 heterocycles. The molecule has 126 valence electrons. The predicted octanol–water partition coefficient (Wildman–Crippen LogP) is 1.96. The van der Waals surface area contributed by atoms with Crippen LogP contribution in [0.15, 0.2) is 0 Å². The van der Waals surface area contributed by atoms with E-state index in [2.05, 4.69) is 19.2 Å². The molecule has 22 heavy (non-hydrogen) atoms. The van der Waals surface area contributed by atoms with E-state index in [0.29, 0.717) is 25.4 Å².